The molecule has 0 radical (unpaired) electrons. The summed E-state index contributed by atoms with van der Waals surface area (Å²) >= 11 is 0. The molecule has 0 unspecified atom stereocenters. The van der Waals surface area contributed by atoms with E-state index in [-0.39, 0.29) is 0 Å². The summed E-state index contributed by atoms with van der Waals surface area (Å²) in [5, 5.41) is 7.35. The van der Waals surface area contributed by atoms with Crippen molar-refractivity contribution in [1.82, 2.24) is 20.2 Å². The molecule has 0 aromatic carbocycles. The molecule has 0 saturated heterocycles. The molecule has 0 spiro atoms. The number of aryl methyl sites for hydroxylation is 2. The summed E-state index contributed by atoms with van der Waals surface area (Å²) in [5.74, 6) is 0. The average Bonchev–Trinajstić information content (AvgIpc) is 2.96. The molecule has 0 aliphatic rings. The van der Waals surface area contributed by atoms with Gasteiger partial charge in [0.2, 0.25) is 0 Å². The van der Waals surface area contributed by atoms with Gasteiger partial charge in [0.25, 0.3) is 0 Å². The molecule has 3 aromatic heterocycles. The first kappa shape index (κ1) is 9.96. The van der Waals surface area contributed by atoms with Crippen molar-refractivity contribution in [2.45, 2.75) is 13.8 Å². The molecule has 3 rings (SSSR count). The predicted octanol–water partition coefficient (Wildman–Crippen LogP) is 3.02. The fourth-order valence-electron chi connectivity index (χ4n) is 1.91. The average molecular weight is 226 g/mol. The van der Waals surface area contributed by atoms with E-state index >= 15 is 0 Å². The maximum Gasteiger partial charge on any atom is 0.109 e. The van der Waals surface area contributed by atoms with E-state index in [1.165, 1.54) is 0 Å². The van der Waals surface area contributed by atoms with Gasteiger partial charge in [0.15, 0.2) is 0 Å². The summed E-state index contributed by atoms with van der Waals surface area (Å²) in [6.07, 6.45) is 0. The molecule has 86 valence electrons. The molecule has 0 fully saturated rings. The molecule has 0 aliphatic heterocycles. The molecule has 17 heavy (non-hydrogen) atoms. The second-order valence-corrected chi connectivity index (χ2v) is 4.28. The van der Waals surface area contributed by atoms with Crippen LogP contribution in [0.1, 0.15) is 11.4 Å². The third-order valence-electron chi connectivity index (χ3n) is 2.81. The largest absolute Gasteiger partial charge is 0.357 e. The normalized spacial score (nSPS) is 10.9. The predicted molar refractivity (Wildman–Crippen MR) is 67.6 cm³/mol. The van der Waals surface area contributed by atoms with Gasteiger partial charge in [0, 0.05) is 11.4 Å². The number of rotatable bonds is 2. The molecule has 3 N–H and O–H groups in total. The van der Waals surface area contributed by atoms with Crippen molar-refractivity contribution >= 4 is 0 Å². The van der Waals surface area contributed by atoms with Crippen molar-refractivity contribution in [1.29, 1.82) is 0 Å². The van der Waals surface area contributed by atoms with Crippen molar-refractivity contribution in [2.75, 3.05) is 0 Å². The molecule has 4 heteroatoms. The van der Waals surface area contributed by atoms with Gasteiger partial charge in [0.05, 0.1) is 17.1 Å². The van der Waals surface area contributed by atoms with E-state index < -0.39 is 0 Å². The Bertz CT molecular complexity index is 587. The molecule has 3 heterocycles. The van der Waals surface area contributed by atoms with Crippen molar-refractivity contribution in [3.63, 3.8) is 0 Å². The van der Waals surface area contributed by atoms with Gasteiger partial charge in [-0.25, -0.2) is 0 Å². The Morgan fingerprint density at radius 3 is 2.06 bits per heavy atom. The SMILES string of the molecule is Cc1ccc(-c2cc(-c3ccc(C)[nH]3)[nH]n2)[nH]1. The third kappa shape index (κ3) is 1.78. The minimum absolute atomic E-state index is 0.931. The monoisotopic (exact) mass is 226 g/mol. The summed E-state index contributed by atoms with van der Waals surface area (Å²) < 4.78 is 0. The zero-order valence-electron chi connectivity index (χ0n) is 9.83. The van der Waals surface area contributed by atoms with E-state index in [4.69, 9.17) is 0 Å². The Hall–Kier alpha value is -2.23. The Morgan fingerprint density at radius 2 is 1.47 bits per heavy atom. The van der Waals surface area contributed by atoms with Gasteiger partial charge in [-0.15, -0.1) is 0 Å². The molecule has 0 aliphatic carbocycles. The Balaban J connectivity index is 1.98. The molecule has 3 aromatic rings. The molecule has 0 amide bonds. The van der Waals surface area contributed by atoms with Crippen molar-refractivity contribution in [3.8, 4) is 22.8 Å². The smallest absolute Gasteiger partial charge is 0.109 e. The van der Waals surface area contributed by atoms with Crippen molar-refractivity contribution < 1.29 is 0 Å². The minimum atomic E-state index is 0.931. The van der Waals surface area contributed by atoms with Crippen molar-refractivity contribution in [3.05, 3.63) is 41.7 Å². The first-order valence-electron chi connectivity index (χ1n) is 5.60. The maximum atomic E-state index is 4.31. The van der Waals surface area contributed by atoms with Gasteiger partial charge < -0.3 is 9.97 Å². The maximum absolute atomic E-state index is 4.31. The van der Waals surface area contributed by atoms with E-state index in [0.29, 0.717) is 0 Å². The van der Waals surface area contributed by atoms with Crippen LogP contribution in [0.5, 0.6) is 0 Å². The number of H-pyrrole nitrogens is 3. The number of hydrogen-bond acceptors (Lipinski definition) is 1. The highest BCUT2D eigenvalue weighted by atomic mass is 15.1. The van der Waals surface area contributed by atoms with Gasteiger partial charge >= 0.3 is 0 Å². The van der Waals surface area contributed by atoms with Gasteiger partial charge in [-0.2, -0.15) is 5.10 Å². The van der Waals surface area contributed by atoms with E-state index in [1.807, 2.05) is 38.1 Å². The summed E-state index contributed by atoms with van der Waals surface area (Å²) in [6.45, 7) is 4.07. The minimum Gasteiger partial charge on any atom is -0.357 e. The molecular formula is C13H14N4. The van der Waals surface area contributed by atoms with Crippen LogP contribution in [0.2, 0.25) is 0 Å². The Kier molecular flexibility index (Phi) is 2.14. The number of nitrogens with zero attached hydrogens (tertiary/aromatic N) is 1. The van der Waals surface area contributed by atoms with Crippen molar-refractivity contribution in [2.24, 2.45) is 0 Å². The highest BCUT2D eigenvalue weighted by molar-refractivity contribution is 5.64. The molecule has 0 saturated carbocycles. The third-order valence-corrected chi connectivity index (χ3v) is 2.81. The van der Waals surface area contributed by atoms with Crippen LogP contribution < -0.4 is 0 Å². The Labute approximate surface area is 99.1 Å². The summed E-state index contributed by atoms with van der Waals surface area (Å²) in [5.41, 5.74) is 6.31. The second-order valence-electron chi connectivity index (χ2n) is 4.28. The van der Waals surface area contributed by atoms with Crippen LogP contribution in [0.4, 0.5) is 0 Å². The van der Waals surface area contributed by atoms with Crippen LogP contribution in [-0.2, 0) is 0 Å². The topological polar surface area (TPSA) is 60.3 Å². The van der Waals surface area contributed by atoms with Gasteiger partial charge in [-0.3, -0.25) is 5.10 Å². The molecule has 4 nitrogen and oxygen atoms in total. The van der Waals surface area contributed by atoms with E-state index in [1.54, 1.807) is 0 Å². The molecular weight excluding hydrogens is 212 g/mol. The lowest BCUT2D eigenvalue weighted by molar-refractivity contribution is 1.08. The first-order chi connectivity index (χ1) is 8.22. The lowest BCUT2D eigenvalue weighted by Gasteiger charge is -1.90. The summed E-state index contributed by atoms with van der Waals surface area (Å²) in [4.78, 5) is 6.55. The fourth-order valence-corrected chi connectivity index (χ4v) is 1.91. The van der Waals surface area contributed by atoms with Crippen LogP contribution in [0.3, 0.4) is 0 Å². The van der Waals surface area contributed by atoms with Gasteiger partial charge in [-0.05, 0) is 44.2 Å². The van der Waals surface area contributed by atoms with Crippen LogP contribution in [0.25, 0.3) is 22.8 Å². The summed E-state index contributed by atoms with van der Waals surface area (Å²) in [6, 6.07) is 10.2. The lowest BCUT2D eigenvalue weighted by Crippen LogP contribution is -1.77. The van der Waals surface area contributed by atoms with Gasteiger partial charge in [-0.1, -0.05) is 0 Å². The first-order valence-corrected chi connectivity index (χ1v) is 5.60. The quantitative estimate of drug-likeness (QED) is 0.618. The number of nitrogens with one attached hydrogen (secondary N) is 3. The zero-order chi connectivity index (χ0) is 11.8. The van der Waals surface area contributed by atoms with Crippen LogP contribution in [0, 0.1) is 13.8 Å². The highest BCUT2D eigenvalue weighted by Crippen LogP contribution is 2.22. The van der Waals surface area contributed by atoms with Gasteiger partial charge in [0.1, 0.15) is 5.69 Å². The number of aromatic nitrogens is 4. The fraction of sp³-hybridized carbons (Fsp3) is 0.154. The van der Waals surface area contributed by atoms with Crippen LogP contribution in [-0.4, -0.2) is 20.2 Å². The van der Waals surface area contributed by atoms with Crippen LogP contribution >= 0.6 is 0 Å². The summed E-state index contributed by atoms with van der Waals surface area (Å²) in [7, 11) is 0. The number of hydrogen-bond donors (Lipinski definition) is 3. The molecule has 0 bridgehead atoms. The Morgan fingerprint density at radius 1 is 0.824 bits per heavy atom. The highest BCUT2D eigenvalue weighted by Gasteiger charge is 2.07. The van der Waals surface area contributed by atoms with E-state index in [0.717, 1.165) is 34.2 Å². The van der Waals surface area contributed by atoms with E-state index in [9.17, 15) is 0 Å². The molecule has 0 atom stereocenters. The lowest BCUT2D eigenvalue weighted by atomic mass is 10.2. The number of aromatic amines is 3. The van der Waals surface area contributed by atoms with Crippen LogP contribution in [0.15, 0.2) is 30.3 Å². The zero-order valence-corrected chi connectivity index (χ0v) is 9.83. The standard InChI is InChI=1S/C13H14N4/c1-8-3-5-10(14-8)12-7-13(17-16-12)11-6-4-9(2)15-11/h3-7,14-15H,1-2H3,(H,16,17). The second kappa shape index (κ2) is 3.66. The van der Waals surface area contributed by atoms with E-state index in [2.05, 4.69) is 26.2 Å².